The van der Waals surface area contributed by atoms with Gasteiger partial charge in [-0.15, -0.1) is 0 Å². The SMILES string of the molecule is CC1C(=O)NCCN1Cc1cccc(C=CC(=O)O)c1. The zero-order valence-corrected chi connectivity index (χ0v) is 11.4. The molecule has 1 atom stereocenters. The van der Waals surface area contributed by atoms with Gasteiger partial charge in [-0.05, 0) is 24.1 Å². The van der Waals surface area contributed by atoms with Crippen LogP contribution >= 0.6 is 0 Å². The van der Waals surface area contributed by atoms with E-state index in [4.69, 9.17) is 5.11 Å². The largest absolute Gasteiger partial charge is 0.478 e. The van der Waals surface area contributed by atoms with Crippen LogP contribution in [0, 0.1) is 0 Å². The summed E-state index contributed by atoms with van der Waals surface area (Å²) in [5, 5.41) is 11.5. The molecule has 1 aliphatic heterocycles. The second kappa shape index (κ2) is 6.34. The number of carboxylic acids is 1. The summed E-state index contributed by atoms with van der Waals surface area (Å²) in [6.45, 7) is 4.07. The number of nitrogens with one attached hydrogen (secondary N) is 1. The Labute approximate surface area is 117 Å². The van der Waals surface area contributed by atoms with E-state index in [0.29, 0.717) is 13.1 Å². The molecule has 1 amide bonds. The first kappa shape index (κ1) is 14.3. The van der Waals surface area contributed by atoms with Gasteiger partial charge in [-0.3, -0.25) is 9.69 Å². The van der Waals surface area contributed by atoms with Gasteiger partial charge in [-0.25, -0.2) is 4.79 Å². The third-order valence-corrected chi connectivity index (χ3v) is 3.38. The van der Waals surface area contributed by atoms with E-state index in [1.807, 2.05) is 31.2 Å². The van der Waals surface area contributed by atoms with E-state index >= 15 is 0 Å². The third kappa shape index (κ3) is 3.68. The standard InChI is InChI=1S/C15H18N2O3/c1-11-15(20)16-7-8-17(11)10-13-4-2-3-12(9-13)5-6-14(18)19/h2-6,9,11H,7-8,10H2,1H3,(H,16,20)(H,18,19). The molecular weight excluding hydrogens is 256 g/mol. The monoisotopic (exact) mass is 274 g/mol. The van der Waals surface area contributed by atoms with E-state index in [0.717, 1.165) is 23.7 Å². The fourth-order valence-electron chi connectivity index (χ4n) is 2.24. The maximum absolute atomic E-state index is 11.6. The lowest BCUT2D eigenvalue weighted by Crippen LogP contribution is -2.53. The van der Waals surface area contributed by atoms with Crippen molar-refractivity contribution in [2.24, 2.45) is 0 Å². The number of hydrogen-bond donors (Lipinski definition) is 2. The molecule has 1 unspecified atom stereocenters. The number of rotatable bonds is 4. The van der Waals surface area contributed by atoms with Crippen molar-refractivity contribution in [3.05, 3.63) is 41.5 Å². The summed E-state index contributed by atoms with van der Waals surface area (Å²) < 4.78 is 0. The molecule has 2 rings (SSSR count). The van der Waals surface area contributed by atoms with Crippen LogP contribution < -0.4 is 5.32 Å². The minimum Gasteiger partial charge on any atom is -0.478 e. The smallest absolute Gasteiger partial charge is 0.328 e. The van der Waals surface area contributed by atoms with E-state index in [1.165, 1.54) is 0 Å². The summed E-state index contributed by atoms with van der Waals surface area (Å²) in [4.78, 5) is 24.2. The van der Waals surface area contributed by atoms with E-state index < -0.39 is 5.97 Å². The Morgan fingerprint density at radius 1 is 1.55 bits per heavy atom. The highest BCUT2D eigenvalue weighted by molar-refractivity contribution is 5.85. The van der Waals surface area contributed by atoms with Crippen molar-refractivity contribution in [3.63, 3.8) is 0 Å². The molecule has 1 fully saturated rings. The average molecular weight is 274 g/mol. The molecule has 1 aliphatic rings. The summed E-state index contributed by atoms with van der Waals surface area (Å²) in [5.41, 5.74) is 1.91. The maximum atomic E-state index is 11.6. The first-order valence-electron chi connectivity index (χ1n) is 6.58. The molecule has 2 N–H and O–H groups in total. The van der Waals surface area contributed by atoms with Gasteiger partial charge in [-0.2, -0.15) is 0 Å². The van der Waals surface area contributed by atoms with E-state index in [1.54, 1.807) is 6.08 Å². The molecule has 5 nitrogen and oxygen atoms in total. The minimum atomic E-state index is -0.961. The van der Waals surface area contributed by atoms with Gasteiger partial charge < -0.3 is 10.4 Å². The van der Waals surface area contributed by atoms with Crippen molar-refractivity contribution in [2.75, 3.05) is 13.1 Å². The average Bonchev–Trinajstić information content (AvgIpc) is 2.42. The van der Waals surface area contributed by atoms with Gasteiger partial charge in [0, 0.05) is 25.7 Å². The van der Waals surface area contributed by atoms with Crippen LogP contribution in [0.4, 0.5) is 0 Å². The molecule has 1 saturated heterocycles. The maximum Gasteiger partial charge on any atom is 0.328 e. The van der Waals surface area contributed by atoms with Gasteiger partial charge in [0.25, 0.3) is 0 Å². The van der Waals surface area contributed by atoms with Crippen molar-refractivity contribution >= 4 is 18.0 Å². The molecule has 0 aliphatic carbocycles. The second-order valence-electron chi connectivity index (χ2n) is 4.85. The topological polar surface area (TPSA) is 69.6 Å². The fraction of sp³-hybridized carbons (Fsp3) is 0.333. The van der Waals surface area contributed by atoms with Crippen molar-refractivity contribution in [1.29, 1.82) is 0 Å². The van der Waals surface area contributed by atoms with Crippen LogP contribution in [0.1, 0.15) is 18.1 Å². The van der Waals surface area contributed by atoms with Crippen LogP contribution in [0.5, 0.6) is 0 Å². The number of amides is 1. The number of carbonyl (C=O) groups is 2. The molecule has 0 spiro atoms. The molecular formula is C15H18N2O3. The molecule has 1 aromatic carbocycles. The summed E-state index contributed by atoms with van der Waals surface area (Å²) in [6, 6.07) is 7.54. The first-order chi connectivity index (χ1) is 9.56. The first-order valence-corrected chi connectivity index (χ1v) is 6.58. The number of benzene rings is 1. The lowest BCUT2D eigenvalue weighted by atomic mass is 10.1. The molecule has 1 aromatic rings. The van der Waals surface area contributed by atoms with E-state index in [2.05, 4.69) is 10.2 Å². The Hall–Kier alpha value is -2.14. The normalized spacial score (nSPS) is 20.1. The van der Waals surface area contributed by atoms with Crippen molar-refractivity contribution in [3.8, 4) is 0 Å². The molecule has 0 radical (unpaired) electrons. The zero-order chi connectivity index (χ0) is 14.5. The van der Waals surface area contributed by atoms with Crippen molar-refractivity contribution < 1.29 is 14.7 Å². The van der Waals surface area contributed by atoms with Gasteiger partial charge in [0.2, 0.25) is 5.91 Å². The van der Waals surface area contributed by atoms with Crippen LogP contribution in [-0.4, -0.2) is 41.0 Å². The van der Waals surface area contributed by atoms with Crippen LogP contribution in [0.3, 0.4) is 0 Å². The molecule has 20 heavy (non-hydrogen) atoms. The second-order valence-corrected chi connectivity index (χ2v) is 4.85. The Balaban J connectivity index is 2.07. The molecule has 5 heteroatoms. The molecule has 0 bridgehead atoms. The quantitative estimate of drug-likeness (QED) is 0.807. The van der Waals surface area contributed by atoms with Gasteiger partial charge in [0.15, 0.2) is 0 Å². The molecule has 0 saturated carbocycles. The highest BCUT2D eigenvalue weighted by atomic mass is 16.4. The van der Waals surface area contributed by atoms with Crippen molar-refractivity contribution in [2.45, 2.75) is 19.5 Å². The Bertz CT molecular complexity index is 540. The molecule has 1 heterocycles. The van der Waals surface area contributed by atoms with Crippen LogP contribution in [0.25, 0.3) is 6.08 Å². The number of piperazine rings is 1. The number of nitrogens with zero attached hydrogens (tertiary/aromatic N) is 1. The van der Waals surface area contributed by atoms with Gasteiger partial charge in [0.05, 0.1) is 6.04 Å². The number of hydrogen-bond acceptors (Lipinski definition) is 3. The van der Waals surface area contributed by atoms with Crippen molar-refractivity contribution in [1.82, 2.24) is 10.2 Å². The van der Waals surface area contributed by atoms with Gasteiger partial charge in [-0.1, -0.05) is 24.3 Å². The lowest BCUT2D eigenvalue weighted by Gasteiger charge is -2.32. The highest BCUT2D eigenvalue weighted by Crippen LogP contribution is 2.13. The summed E-state index contributed by atoms with van der Waals surface area (Å²) in [7, 11) is 0. The van der Waals surface area contributed by atoms with Crippen LogP contribution in [-0.2, 0) is 16.1 Å². The Morgan fingerprint density at radius 3 is 3.10 bits per heavy atom. The van der Waals surface area contributed by atoms with Gasteiger partial charge in [0.1, 0.15) is 0 Å². The molecule has 106 valence electrons. The van der Waals surface area contributed by atoms with Crippen LogP contribution in [0.2, 0.25) is 0 Å². The number of carbonyl (C=O) groups excluding carboxylic acids is 1. The lowest BCUT2D eigenvalue weighted by molar-refractivity contribution is -0.131. The third-order valence-electron chi connectivity index (χ3n) is 3.38. The Kier molecular flexibility index (Phi) is 4.53. The summed E-state index contributed by atoms with van der Waals surface area (Å²) in [6.07, 6.45) is 2.69. The zero-order valence-electron chi connectivity index (χ0n) is 11.4. The highest BCUT2D eigenvalue weighted by Gasteiger charge is 2.24. The minimum absolute atomic E-state index is 0.0539. The molecule has 0 aromatic heterocycles. The predicted octanol–water partition coefficient (Wildman–Crippen LogP) is 1.10. The summed E-state index contributed by atoms with van der Waals surface area (Å²) in [5.74, 6) is -0.907. The number of carboxylic acid groups (broad SMARTS) is 1. The fourth-order valence-corrected chi connectivity index (χ4v) is 2.24. The summed E-state index contributed by atoms with van der Waals surface area (Å²) >= 11 is 0. The van der Waals surface area contributed by atoms with Gasteiger partial charge >= 0.3 is 5.97 Å². The van der Waals surface area contributed by atoms with E-state index in [-0.39, 0.29) is 11.9 Å². The van der Waals surface area contributed by atoms with E-state index in [9.17, 15) is 9.59 Å². The number of aliphatic carboxylic acids is 1. The van der Waals surface area contributed by atoms with Crippen LogP contribution in [0.15, 0.2) is 30.3 Å². The predicted molar refractivity (Wildman–Crippen MR) is 76.0 cm³/mol. The Morgan fingerprint density at radius 2 is 2.35 bits per heavy atom.